The van der Waals surface area contributed by atoms with E-state index in [4.69, 9.17) is 5.73 Å². The minimum atomic E-state index is -0.352. The normalized spacial score (nSPS) is 10.7. The standard InChI is InChI=1S/C10H10N2O2/c11-6-9(7-13)12-10(14)8-4-2-1-3-5-8/h1-7H,11H2,(H,12,14). The molecule has 0 saturated heterocycles. The lowest BCUT2D eigenvalue weighted by molar-refractivity contribution is -0.105. The van der Waals surface area contributed by atoms with Gasteiger partial charge in [0.1, 0.15) is 0 Å². The van der Waals surface area contributed by atoms with Crippen LogP contribution in [0.25, 0.3) is 0 Å². The summed E-state index contributed by atoms with van der Waals surface area (Å²) in [4.78, 5) is 21.7. The van der Waals surface area contributed by atoms with Crippen LogP contribution in [-0.4, -0.2) is 12.2 Å². The lowest BCUT2D eigenvalue weighted by Crippen LogP contribution is -2.24. The summed E-state index contributed by atoms with van der Waals surface area (Å²) in [6.07, 6.45) is 1.54. The van der Waals surface area contributed by atoms with Crippen LogP contribution in [0, 0.1) is 0 Å². The first kappa shape index (κ1) is 9.98. The highest BCUT2D eigenvalue weighted by Gasteiger charge is 2.05. The topological polar surface area (TPSA) is 72.2 Å². The minimum Gasteiger partial charge on any atom is -0.403 e. The van der Waals surface area contributed by atoms with Crippen molar-refractivity contribution in [1.82, 2.24) is 5.32 Å². The molecule has 1 amide bonds. The van der Waals surface area contributed by atoms with Crippen molar-refractivity contribution in [2.75, 3.05) is 0 Å². The van der Waals surface area contributed by atoms with Gasteiger partial charge in [0.15, 0.2) is 6.29 Å². The molecule has 0 unspecified atom stereocenters. The Hall–Kier alpha value is -2.10. The van der Waals surface area contributed by atoms with Gasteiger partial charge in [0, 0.05) is 11.8 Å². The van der Waals surface area contributed by atoms with Crippen LogP contribution in [0.5, 0.6) is 0 Å². The molecule has 3 N–H and O–H groups in total. The largest absolute Gasteiger partial charge is 0.403 e. The van der Waals surface area contributed by atoms with E-state index in [1.165, 1.54) is 0 Å². The second-order valence-electron chi connectivity index (χ2n) is 2.56. The van der Waals surface area contributed by atoms with E-state index < -0.39 is 0 Å². The molecule has 14 heavy (non-hydrogen) atoms. The zero-order chi connectivity index (χ0) is 10.4. The highest BCUT2D eigenvalue weighted by Crippen LogP contribution is 1.98. The van der Waals surface area contributed by atoms with Crippen molar-refractivity contribution in [1.29, 1.82) is 0 Å². The molecule has 1 aromatic rings. The van der Waals surface area contributed by atoms with E-state index in [-0.39, 0.29) is 11.6 Å². The summed E-state index contributed by atoms with van der Waals surface area (Å²) in [6, 6.07) is 8.57. The number of carbonyl (C=O) groups excluding carboxylic acids is 2. The number of carbonyl (C=O) groups is 2. The van der Waals surface area contributed by atoms with Gasteiger partial charge < -0.3 is 11.1 Å². The molecule has 0 spiro atoms. The van der Waals surface area contributed by atoms with Crippen molar-refractivity contribution < 1.29 is 9.59 Å². The molecule has 0 aliphatic rings. The van der Waals surface area contributed by atoms with Gasteiger partial charge >= 0.3 is 0 Å². The maximum absolute atomic E-state index is 11.4. The summed E-state index contributed by atoms with van der Waals surface area (Å²) < 4.78 is 0. The average molecular weight is 190 g/mol. The van der Waals surface area contributed by atoms with Crippen LogP contribution in [0.4, 0.5) is 0 Å². The van der Waals surface area contributed by atoms with Gasteiger partial charge in [0.2, 0.25) is 0 Å². The predicted octanol–water partition coefficient (Wildman–Crippen LogP) is 0.415. The first-order valence-corrected chi connectivity index (χ1v) is 4.01. The Morgan fingerprint density at radius 2 is 1.93 bits per heavy atom. The summed E-state index contributed by atoms with van der Waals surface area (Å²) in [5.74, 6) is -0.352. The van der Waals surface area contributed by atoms with Crippen LogP contribution in [0.15, 0.2) is 42.2 Å². The maximum Gasteiger partial charge on any atom is 0.255 e. The number of aldehydes is 1. The Morgan fingerprint density at radius 3 is 2.43 bits per heavy atom. The van der Waals surface area contributed by atoms with Gasteiger partial charge in [-0.2, -0.15) is 0 Å². The number of benzene rings is 1. The monoisotopic (exact) mass is 190 g/mol. The van der Waals surface area contributed by atoms with E-state index in [0.717, 1.165) is 6.20 Å². The Bertz CT molecular complexity index is 358. The van der Waals surface area contributed by atoms with E-state index in [1.807, 2.05) is 0 Å². The van der Waals surface area contributed by atoms with Crippen molar-refractivity contribution in [2.24, 2.45) is 5.73 Å². The van der Waals surface area contributed by atoms with Gasteiger partial charge in [-0.05, 0) is 12.1 Å². The van der Waals surface area contributed by atoms with Crippen molar-refractivity contribution in [3.05, 3.63) is 47.8 Å². The highest BCUT2D eigenvalue weighted by molar-refractivity contribution is 5.98. The lowest BCUT2D eigenvalue weighted by atomic mass is 10.2. The van der Waals surface area contributed by atoms with Crippen LogP contribution < -0.4 is 11.1 Å². The van der Waals surface area contributed by atoms with E-state index in [1.54, 1.807) is 30.3 Å². The van der Waals surface area contributed by atoms with Gasteiger partial charge in [-0.25, -0.2) is 0 Å². The molecule has 4 nitrogen and oxygen atoms in total. The molecular weight excluding hydrogens is 180 g/mol. The number of hydrogen-bond donors (Lipinski definition) is 2. The smallest absolute Gasteiger partial charge is 0.255 e. The molecule has 0 radical (unpaired) electrons. The van der Waals surface area contributed by atoms with Crippen LogP contribution in [0.1, 0.15) is 10.4 Å². The summed E-state index contributed by atoms with van der Waals surface area (Å²) in [5, 5.41) is 2.36. The molecule has 1 aromatic carbocycles. The summed E-state index contributed by atoms with van der Waals surface area (Å²) in [6.45, 7) is 0. The zero-order valence-corrected chi connectivity index (χ0v) is 7.44. The van der Waals surface area contributed by atoms with Crippen LogP contribution in [0.2, 0.25) is 0 Å². The highest BCUT2D eigenvalue weighted by atomic mass is 16.2. The van der Waals surface area contributed by atoms with Gasteiger partial charge in [0.05, 0.1) is 5.70 Å². The lowest BCUT2D eigenvalue weighted by Gasteiger charge is -2.02. The first-order valence-electron chi connectivity index (χ1n) is 4.01. The van der Waals surface area contributed by atoms with E-state index in [0.29, 0.717) is 11.8 Å². The second-order valence-corrected chi connectivity index (χ2v) is 2.56. The minimum absolute atomic E-state index is 0.0545. The molecule has 0 saturated carbocycles. The Balaban J connectivity index is 2.73. The first-order chi connectivity index (χ1) is 6.77. The molecule has 4 heteroatoms. The summed E-state index contributed by atoms with van der Waals surface area (Å²) >= 11 is 0. The maximum atomic E-state index is 11.4. The molecule has 0 bridgehead atoms. The molecule has 0 aromatic heterocycles. The Labute approximate surface area is 81.4 Å². The Morgan fingerprint density at radius 1 is 1.29 bits per heavy atom. The number of nitrogens with one attached hydrogen (secondary N) is 1. The van der Waals surface area contributed by atoms with Crippen LogP contribution in [0.3, 0.4) is 0 Å². The zero-order valence-electron chi connectivity index (χ0n) is 7.44. The molecule has 0 heterocycles. The third-order valence-electron chi connectivity index (χ3n) is 1.60. The quantitative estimate of drug-likeness (QED) is 0.535. The number of allylic oxidation sites excluding steroid dienone is 1. The number of amides is 1. The van der Waals surface area contributed by atoms with Gasteiger partial charge in [-0.15, -0.1) is 0 Å². The molecule has 0 aliphatic heterocycles. The predicted molar refractivity (Wildman–Crippen MR) is 52.2 cm³/mol. The molecule has 0 aliphatic carbocycles. The van der Waals surface area contributed by atoms with Crippen LogP contribution >= 0.6 is 0 Å². The van der Waals surface area contributed by atoms with Crippen molar-refractivity contribution in [3.63, 3.8) is 0 Å². The summed E-state index contributed by atoms with van der Waals surface area (Å²) in [7, 11) is 0. The number of hydrogen-bond acceptors (Lipinski definition) is 3. The Kier molecular flexibility index (Phi) is 3.43. The van der Waals surface area contributed by atoms with Gasteiger partial charge in [-0.3, -0.25) is 9.59 Å². The van der Waals surface area contributed by atoms with Gasteiger partial charge in [0.25, 0.3) is 5.91 Å². The van der Waals surface area contributed by atoms with Crippen LogP contribution in [-0.2, 0) is 4.79 Å². The third-order valence-corrected chi connectivity index (χ3v) is 1.60. The molecular formula is C10H10N2O2. The fourth-order valence-electron chi connectivity index (χ4n) is 0.903. The number of nitrogens with two attached hydrogens (primary N) is 1. The molecule has 1 rings (SSSR count). The SMILES string of the molecule is NC=C(C=O)NC(=O)c1ccccc1. The third kappa shape index (κ3) is 2.45. The van der Waals surface area contributed by atoms with Crippen molar-refractivity contribution >= 4 is 12.2 Å². The average Bonchev–Trinajstić information content (AvgIpc) is 2.26. The molecule has 72 valence electrons. The molecule has 0 atom stereocenters. The van der Waals surface area contributed by atoms with Crippen molar-refractivity contribution in [3.8, 4) is 0 Å². The number of rotatable bonds is 3. The second kappa shape index (κ2) is 4.81. The van der Waals surface area contributed by atoms with Gasteiger partial charge in [-0.1, -0.05) is 18.2 Å². The van der Waals surface area contributed by atoms with E-state index >= 15 is 0 Å². The summed E-state index contributed by atoms with van der Waals surface area (Å²) in [5.41, 5.74) is 5.64. The fraction of sp³-hybridized carbons (Fsp3) is 0. The molecule has 0 fully saturated rings. The van der Waals surface area contributed by atoms with E-state index in [9.17, 15) is 9.59 Å². The van der Waals surface area contributed by atoms with Crippen molar-refractivity contribution in [2.45, 2.75) is 0 Å². The fourth-order valence-corrected chi connectivity index (χ4v) is 0.903. The van der Waals surface area contributed by atoms with E-state index in [2.05, 4.69) is 5.32 Å².